The summed E-state index contributed by atoms with van der Waals surface area (Å²) in [6, 6.07) is 4.94. The number of nitrogens with zero attached hydrogens (tertiary/aromatic N) is 4. The predicted molar refractivity (Wildman–Crippen MR) is 73.7 cm³/mol. The standard InChI is InChI=1S/C14H14N4O2/c1-9-11(6-17(2)16-9)7-18-8-15-12-4-3-10(14(19)20)5-13(12)18/h3-6,8H,7H2,1-2H3,(H,19,20). The second-order valence-electron chi connectivity index (χ2n) is 4.79. The molecule has 6 nitrogen and oxygen atoms in total. The van der Waals surface area contributed by atoms with Crippen LogP contribution in [0.25, 0.3) is 11.0 Å². The van der Waals surface area contributed by atoms with E-state index in [4.69, 9.17) is 5.11 Å². The molecule has 3 rings (SSSR count). The fourth-order valence-electron chi connectivity index (χ4n) is 2.30. The Morgan fingerprint density at radius 3 is 2.85 bits per heavy atom. The summed E-state index contributed by atoms with van der Waals surface area (Å²) >= 11 is 0. The summed E-state index contributed by atoms with van der Waals surface area (Å²) in [4.78, 5) is 15.3. The summed E-state index contributed by atoms with van der Waals surface area (Å²) in [5.74, 6) is -0.933. The van der Waals surface area contributed by atoms with E-state index in [9.17, 15) is 4.79 Å². The van der Waals surface area contributed by atoms with Gasteiger partial charge in [-0.05, 0) is 25.1 Å². The maximum atomic E-state index is 11.1. The van der Waals surface area contributed by atoms with Crippen LogP contribution in [0.4, 0.5) is 0 Å². The van der Waals surface area contributed by atoms with E-state index in [0.717, 1.165) is 22.3 Å². The van der Waals surface area contributed by atoms with Gasteiger partial charge in [-0.1, -0.05) is 0 Å². The minimum atomic E-state index is -0.933. The Kier molecular flexibility index (Phi) is 2.78. The van der Waals surface area contributed by atoms with Gasteiger partial charge < -0.3 is 9.67 Å². The van der Waals surface area contributed by atoms with Crippen LogP contribution in [0.15, 0.2) is 30.7 Å². The molecule has 1 N–H and O–H groups in total. The first-order valence-electron chi connectivity index (χ1n) is 6.22. The Labute approximate surface area is 115 Å². The number of aryl methyl sites for hydroxylation is 2. The van der Waals surface area contributed by atoms with Crippen molar-refractivity contribution in [2.24, 2.45) is 7.05 Å². The summed E-state index contributed by atoms with van der Waals surface area (Å²) in [6.45, 7) is 2.58. The molecule has 0 bridgehead atoms. The van der Waals surface area contributed by atoms with Crippen molar-refractivity contribution in [2.75, 3.05) is 0 Å². The van der Waals surface area contributed by atoms with E-state index >= 15 is 0 Å². The van der Waals surface area contributed by atoms with E-state index in [1.54, 1.807) is 29.2 Å². The van der Waals surface area contributed by atoms with E-state index in [2.05, 4.69) is 10.1 Å². The number of carboxylic acid groups (broad SMARTS) is 1. The predicted octanol–water partition coefficient (Wildman–Crippen LogP) is 1.82. The van der Waals surface area contributed by atoms with Gasteiger partial charge in [-0.2, -0.15) is 5.10 Å². The van der Waals surface area contributed by atoms with Crippen molar-refractivity contribution in [1.29, 1.82) is 0 Å². The summed E-state index contributed by atoms with van der Waals surface area (Å²) in [6.07, 6.45) is 3.69. The lowest BCUT2D eigenvalue weighted by Crippen LogP contribution is -2.00. The third-order valence-electron chi connectivity index (χ3n) is 3.32. The lowest BCUT2D eigenvalue weighted by atomic mass is 10.2. The molecule has 3 aromatic rings. The molecule has 0 aliphatic carbocycles. The number of fused-ring (bicyclic) bond motifs is 1. The van der Waals surface area contributed by atoms with E-state index in [1.165, 1.54) is 0 Å². The van der Waals surface area contributed by atoms with Crippen molar-refractivity contribution in [2.45, 2.75) is 13.5 Å². The monoisotopic (exact) mass is 270 g/mol. The fourth-order valence-corrected chi connectivity index (χ4v) is 2.30. The zero-order valence-electron chi connectivity index (χ0n) is 11.2. The molecule has 20 heavy (non-hydrogen) atoms. The van der Waals surface area contributed by atoms with E-state index in [0.29, 0.717) is 6.54 Å². The number of aromatic carboxylic acids is 1. The molecule has 0 atom stereocenters. The maximum absolute atomic E-state index is 11.1. The average Bonchev–Trinajstić information content (AvgIpc) is 2.93. The molecule has 0 aliphatic heterocycles. The Morgan fingerprint density at radius 2 is 2.20 bits per heavy atom. The average molecular weight is 270 g/mol. The summed E-state index contributed by atoms with van der Waals surface area (Å²) in [5.41, 5.74) is 3.92. The third kappa shape index (κ3) is 2.05. The maximum Gasteiger partial charge on any atom is 0.335 e. The Hall–Kier alpha value is -2.63. The molecular formula is C14H14N4O2. The minimum Gasteiger partial charge on any atom is -0.478 e. The number of hydrogen-bond acceptors (Lipinski definition) is 3. The summed E-state index contributed by atoms with van der Waals surface area (Å²) < 4.78 is 3.71. The first kappa shape index (κ1) is 12.4. The van der Waals surface area contributed by atoms with Gasteiger partial charge in [0, 0.05) is 18.8 Å². The minimum absolute atomic E-state index is 0.266. The zero-order valence-corrected chi connectivity index (χ0v) is 11.2. The number of carbonyl (C=O) groups is 1. The van der Waals surface area contributed by atoms with Gasteiger partial charge in [-0.3, -0.25) is 4.68 Å². The highest BCUT2D eigenvalue weighted by atomic mass is 16.4. The normalized spacial score (nSPS) is 11.1. The second kappa shape index (κ2) is 4.48. The first-order valence-corrected chi connectivity index (χ1v) is 6.22. The van der Waals surface area contributed by atoms with Gasteiger partial charge in [0.15, 0.2) is 0 Å². The molecule has 0 fully saturated rings. The van der Waals surface area contributed by atoms with Crippen LogP contribution in [-0.2, 0) is 13.6 Å². The van der Waals surface area contributed by atoms with Crippen LogP contribution >= 0.6 is 0 Å². The smallest absolute Gasteiger partial charge is 0.335 e. The number of aromatic nitrogens is 4. The number of rotatable bonds is 3. The molecule has 2 heterocycles. The topological polar surface area (TPSA) is 72.9 Å². The highest BCUT2D eigenvalue weighted by molar-refractivity contribution is 5.92. The van der Waals surface area contributed by atoms with Crippen LogP contribution < -0.4 is 0 Å². The van der Waals surface area contributed by atoms with Gasteiger partial charge in [0.25, 0.3) is 0 Å². The number of benzene rings is 1. The van der Waals surface area contributed by atoms with E-state index in [-0.39, 0.29) is 5.56 Å². The molecule has 0 spiro atoms. The molecule has 102 valence electrons. The molecule has 6 heteroatoms. The molecule has 0 amide bonds. The van der Waals surface area contributed by atoms with Crippen molar-refractivity contribution >= 4 is 17.0 Å². The van der Waals surface area contributed by atoms with Crippen molar-refractivity contribution < 1.29 is 9.90 Å². The zero-order chi connectivity index (χ0) is 14.3. The highest BCUT2D eigenvalue weighted by Gasteiger charge is 2.10. The van der Waals surface area contributed by atoms with Crippen LogP contribution in [-0.4, -0.2) is 30.4 Å². The lowest BCUT2D eigenvalue weighted by Gasteiger charge is -2.03. The molecule has 1 aromatic carbocycles. The molecule has 0 saturated carbocycles. The Bertz CT molecular complexity index is 801. The molecule has 0 aliphatic rings. The lowest BCUT2D eigenvalue weighted by molar-refractivity contribution is 0.0697. The Morgan fingerprint density at radius 1 is 1.40 bits per heavy atom. The van der Waals surface area contributed by atoms with Gasteiger partial charge in [0.1, 0.15) is 0 Å². The number of carboxylic acids is 1. The molecule has 0 radical (unpaired) electrons. The summed E-state index contributed by atoms with van der Waals surface area (Å²) in [5, 5.41) is 13.4. The quantitative estimate of drug-likeness (QED) is 0.788. The fraction of sp³-hybridized carbons (Fsp3) is 0.214. The summed E-state index contributed by atoms with van der Waals surface area (Å²) in [7, 11) is 1.88. The van der Waals surface area contributed by atoms with Gasteiger partial charge in [0.05, 0.1) is 35.2 Å². The first-order chi connectivity index (χ1) is 9.54. The SMILES string of the molecule is Cc1nn(C)cc1Cn1cnc2ccc(C(=O)O)cc21. The van der Waals surface area contributed by atoms with Gasteiger partial charge >= 0.3 is 5.97 Å². The second-order valence-corrected chi connectivity index (χ2v) is 4.79. The van der Waals surface area contributed by atoms with Crippen LogP contribution in [0.2, 0.25) is 0 Å². The van der Waals surface area contributed by atoms with Crippen LogP contribution in [0.3, 0.4) is 0 Å². The van der Waals surface area contributed by atoms with Gasteiger partial charge in [-0.15, -0.1) is 0 Å². The Balaban J connectivity index is 2.05. The van der Waals surface area contributed by atoms with Crippen molar-refractivity contribution in [3.63, 3.8) is 0 Å². The molecule has 2 aromatic heterocycles. The van der Waals surface area contributed by atoms with Crippen molar-refractivity contribution in [1.82, 2.24) is 19.3 Å². The molecule has 0 unspecified atom stereocenters. The van der Waals surface area contributed by atoms with Gasteiger partial charge in [-0.25, -0.2) is 9.78 Å². The number of hydrogen-bond donors (Lipinski definition) is 1. The van der Waals surface area contributed by atoms with Crippen LogP contribution in [0.5, 0.6) is 0 Å². The third-order valence-corrected chi connectivity index (χ3v) is 3.32. The number of imidazole rings is 1. The van der Waals surface area contributed by atoms with Crippen molar-refractivity contribution in [3.05, 3.63) is 47.5 Å². The van der Waals surface area contributed by atoms with Crippen LogP contribution in [0, 0.1) is 6.92 Å². The van der Waals surface area contributed by atoms with E-state index < -0.39 is 5.97 Å². The van der Waals surface area contributed by atoms with Gasteiger partial charge in [0.2, 0.25) is 0 Å². The molecular weight excluding hydrogens is 256 g/mol. The largest absolute Gasteiger partial charge is 0.478 e. The van der Waals surface area contributed by atoms with E-state index in [1.807, 2.05) is 24.7 Å². The highest BCUT2D eigenvalue weighted by Crippen LogP contribution is 2.17. The van der Waals surface area contributed by atoms with Crippen molar-refractivity contribution in [3.8, 4) is 0 Å². The van der Waals surface area contributed by atoms with Crippen LogP contribution in [0.1, 0.15) is 21.6 Å². The molecule has 0 saturated heterocycles.